The first-order chi connectivity index (χ1) is 11.1. The van der Waals surface area contributed by atoms with E-state index in [1.165, 1.54) is 15.4 Å². The predicted octanol–water partition coefficient (Wildman–Crippen LogP) is -1.67. The van der Waals surface area contributed by atoms with Crippen LogP contribution in [0.1, 0.15) is 25.3 Å². The molecule has 1 heterocycles. The molecule has 0 unspecified atom stereocenters. The van der Waals surface area contributed by atoms with E-state index in [2.05, 4.69) is 19.9 Å². The van der Waals surface area contributed by atoms with E-state index >= 15 is 0 Å². The summed E-state index contributed by atoms with van der Waals surface area (Å²) in [5.41, 5.74) is 1.19. The van der Waals surface area contributed by atoms with E-state index in [-0.39, 0.29) is 6.61 Å². The molecule has 1 aliphatic rings. The molecule has 0 aliphatic carbocycles. The third kappa shape index (κ3) is 5.77. The minimum atomic E-state index is -0.440. The Morgan fingerprint density at radius 2 is 1.74 bits per heavy atom. The predicted molar refractivity (Wildman–Crippen MR) is 90.2 cm³/mol. The summed E-state index contributed by atoms with van der Waals surface area (Å²) >= 11 is 0. The van der Waals surface area contributed by atoms with Crippen LogP contribution in [0.25, 0.3) is 0 Å². The number of rotatable bonds is 8. The largest absolute Gasteiger partial charge is 0.490 e. The van der Waals surface area contributed by atoms with Crippen molar-refractivity contribution in [2.75, 3.05) is 52.5 Å². The van der Waals surface area contributed by atoms with Crippen LogP contribution in [-0.4, -0.2) is 68.8 Å². The van der Waals surface area contributed by atoms with Gasteiger partial charge in [0.2, 0.25) is 0 Å². The van der Waals surface area contributed by atoms with E-state index in [1.54, 1.807) is 0 Å². The lowest BCUT2D eigenvalue weighted by Crippen LogP contribution is -3.28. The fourth-order valence-electron chi connectivity index (χ4n) is 3.24. The summed E-state index contributed by atoms with van der Waals surface area (Å²) in [7, 11) is 0. The summed E-state index contributed by atoms with van der Waals surface area (Å²) in [6, 6.07) is 8.06. The molecule has 0 radical (unpaired) electrons. The summed E-state index contributed by atoms with van der Waals surface area (Å²) in [6.07, 6.45) is -0.440. The number of aliphatic hydroxyl groups excluding tert-OH is 2. The van der Waals surface area contributed by atoms with E-state index < -0.39 is 6.10 Å². The highest BCUT2D eigenvalue weighted by atomic mass is 16.5. The number of benzene rings is 1. The summed E-state index contributed by atoms with van der Waals surface area (Å²) in [6.45, 7) is 10.7. The van der Waals surface area contributed by atoms with E-state index in [0.717, 1.165) is 45.0 Å². The van der Waals surface area contributed by atoms with Crippen LogP contribution in [0.15, 0.2) is 24.3 Å². The normalized spacial score (nSPS) is 23.0. The first-order valence-corrected chi connectivity index (χ1v) is 8.78. The van der Waals surface area contributed by atoms with Crippen molar-refractivity contribution in [1.29, 1.82) is 0 Å². The molecular weight excluding hydrogens is 292 g/mol. The third-order valence-electron chi connectivity index (χ3n) is 4.63. The van der Waals surface area contributed by atoms with Crippen LogP contribution >= 0.6 is 0 Å². The second-order valence-electron chi connectivity index (χ2n) is 6.84. The van der Waals surface area contributed by atoms with Crippen molar-refractivity contribution >= 4 is 0 Å². The van der Waals surface area contributed by atoms with Gasteiger partial charge in [-0.3, -0.25) is 0 Å². The third-order valence-corrected chi connectivity index (χ3v) is 4.63. The van der Waals surface area contributed by atoms with E-state index in [9.17, 15) is 5.11 Å². The molecule has 1 aliphatic heterocycles. The number of aliphatic hydroxyl groups is 2. The quantitative estimate of drug-likeness (QED) is 0.462. The van der Waals surface area contributed by atoms with Crippen LogP contribution in [0.2, 0.25) is 0 Å². The zero-order valence-electron chi connectivity index (χ0n) is 14.4. The van der Waals surface area contributed by atoms with Gasteiger partial charge in [-0.05, 0) is 17.5 Å². The maximum atomic E-state index is 10.3. The molecule has 0 aromatic heterocycles. The SMILES string of the molecule is CC(C)c1ccccc1OC[C@@H](O)C[NH+]1CC[NH+](CCO)CC1. The Balaban J connectivity index is 1.75. The standard InChI is InChI=1S/C18H30N2O3/c1-15(2)17-5-3-4-6-18(17)23-14-16(22)13-20-9-7-19(8-10-20)11-12-21/h3-6,15-16,21-22H,7-14H2,1-2H3/p+2/t16-/m0/s1. The summed E-state index contributed by atoms with van der Waals surface area (Å²) in [5.74, 6) is 1.30. The van der Waals surface area contributed by atoms with Gasteiger partial charge >= 0.3 is 0 Å². The lowest BCUT2D eigenvalue weighted by molar-refractivity contribution is -1.01. The minimum Gasteiger partial charge on any atom is -0.490 e. The van der Waals surface area contributed by atoms with Crippen molar-refractivity contribution in [2.24, 2.45) is 0 Å². The Morgan fingerprint density at radius 1 is 1.09 bits per heavy atom. The van der Waals surface area contributed by atoms with Gasteiger partial charge in [0.15, 0.2) is 0 Å². The average molecular weight is 324 g/mol. The Labute approximate surface area is 139 Å². The molecule has 1 saturated heterocycles. The minimum absolute atomic E-state index is 0.260. The van der Waals surface area contributed by atoms with Crippen molar-refractivity contribution in [2.45, 2.75) is 25.9 Å². The van der Waals surface area contributed by atoms with Crippen LogP contribution in [0.4, 0.5) is 0 Å². The maximum Gasteiger partial charge on any atom is 0.137 e. The molecule has 0 saturated carbocycles. The lowest BCUT2D eigenvalue weighted by Gasteiger charge is -2.30. The number of piperazine rings is 1. The van der Waals surface area contributed by atoms with Gasteiger partial charge in [0.25, 0.3) is 0 Å². The van der Waals surface area contributed by atoms with Gasteiger partial charge in [-0.1, -0.05) is 32.0 Å². The van der Waals surface area contributed by atoms with Gasteiger partial charge in [-0.2, -0.15) is 0 Å². The molecular formula is C18H32N2O3+2. The zero-order valence-corrected chi connectivity index (χ0v) is 14.4. The van der Waals surface area contributed by atoms with Crippen LogP contribution in [0, 0.1) is 0 Å². The van der Waals surface area contributed by atoms with Crippen molar-refractivity contribution in [3.8, 4) is 5.75 Å². The molecule has 0 spiro atoms. The summed E-state index contributed by atoms with van der Waals surface area (Å²) in [5, 5.41) is 19.3. The number of para-hydroxylation sites is 1. The maximum absolute atomic E-state index is 10.3. The number of nitrogens with one attached hydrogen (secondary N) is 2. The van der Waals surface area contributed by atoms with Gasteiger partial charge in [0.05, 0.1) is 6.61 Å². The van der Waals surface area contributed by atoms with Gasteiger partial charge in [0, 0.05) is 0 Å². The smallest absolute Gasteiger partial charge is 0.137 e. The summed E-state index contributed by atoms with van der Waals surface area (Å²) < 4.78 is 5.86. The second-order valence-corrected chi connectivity index (χ2v) is 6.84. The van der Waals surface area contributed by atoms with Crippen LogP contribution in [0.3, 0.4) is 0 Å². The Kier molecular flexibility index (Phi) is 7.30. The van der Waals surface area contributed by atoms with E-state index in [4.69, 9.17) is 9.84 Å². The molecule has 23 heavy (non-hydrogen) atoms. The lowest BCUT2D eigenvalue weighted by atomic mass is 10.0. The van der Waals surface area contributed by atoms with Gasteiger partial charge < -0.3 is 24.7 Å². The van der Waals surface area contributed by atoms with Gasteiger partial charge in [-0.25, -0.2) is 0 Å². The van der Waals surface area contributed by atoms with E-state index in [0.29, 0.717) is 12.5 Å². The first-order valence-electron chi connectivity index (χ1n) is 8.78. The number of ether oxygens (including phenoxy) is 1. The topological polar surface area (TPSA) is 58.6 Å². The molecule has 1 atom stereocenters. The Hall–Kier alpha value is -1.14. The molecule has 2 rings (SSSR count). The van der Waals surface area contributed by atoms with Crippen LogP contribution in [-0.2, 0) is 0 Å². The zero-order chi connectivity index (χ0) is 16.7. The Morgan fingerprint density at radius 3 is 2.39 bits per heavy atom. The van der Waals surface area contributed by atoms with Gasteiger partial charge in [-0.15, -0.1) is 0 Å². The Bertz CT molecular complexity index is 459. The molecule has 1 aromatic rings. The van der Waals surface area contributed by atoms with Gasteiger partial charge in [0.1, 0.15) is 57.7 Å². The van der Waals surface area contributed by atoms with E-state index in [1.807, 2.05) is 18.2 Å². The van der Waals surface area contributed by atoms with Crippen molar-refractivity contribution < 1.29 is 24.7 Å². The fraction of sp³-hybridized carbons (Fsp3) is 0.667. The molecule has 0 bridgehead atoms. The highest BCUT2D eigenvalue weighted by Gasteiger charge is 2.24. The molecule has 0 amide bonds. The van der Waals surface area contributed by atoms with Crippen molar-refractivity contribution in [3.05, 3.63) is 29.8 Å². The molecule has 5 nitrogen and oxygen atoms in total. The van der Waals surface area contributed by atoms with Crippen molar-refractivity contribution in [1.82, 2.24) is 0 Å². The summed E-state index contributed by atoms with van der Waals surface area (Å²) in [4.78, 5) is 2.90. The average Bonchev–Trinajstić information content (AvgIpc) is 2.55. The van der Waals surface area contributed by atoms with Crippen LogP contribution < -0.4 is 14.5 Å². The highest BCUT2D eigenvalue weighted by Crippen LogP contribution is 2.25. The van der Waals surface area contributed by atoms with Crippen LogP contribution in [0.5, 0.6) is 5.75 Å². The fourth-order valence-corrected chi connectivity index (χ4v) is 3.24. The molecule has 4 N–H and O–H groups in total. The molecule has 1 fully saturated rings. The number of hydrogen-bond donors (Lipinski definition) is 4. The molecule has 1 aromatic carbocycles. The number of quaternary nitrogens is 2. The monoisotopic (exact) mass is 324 g/mol. The van der Waals surface area contributed by atoms with Crippen molar-refractivity contribution in [3.63, 3.8) is 0 Å². The molecule has 5 heteroatoms. The second kappa shape index (κ2) is 9.23. The highest BCUT2D eigenvalue weighted by molar-refractivity contribution is 5.35. The molecule has 130 valence electrons. The first kappa shape index (κ1) is 18.2. The number of hydrogen-bond acceptors (Lipinski definition) is 3.